The van der Waals surface area contributed by atoms with E-state index in [0.29, 0.717) is 0 Å². The van der Waals surface area contributed by atoms with Gasteiger partial charge < -0.3 is 5.11 Å². The van der Waals surface area contributed by atoms with Crippen LogP contribution in [-0.2, 0) is 17.3 Å². The topological polar surface area (TPSA) is 113 Å². The van der Waals surface area contributed by atoms with Crippen molar-refractivity contribution in [3.05, 3.63) is 11.8 Å². The lowest BCUT2D eigenvalue weighted by Crippen LogP contribution is -2.33. The van der Waals surface area contributed by atoms with Gasteiger partial charge in [-0.25, -0.2) is 4.79 Å². The zero-order valence-corrected chi connectivity index (χ0v) is 9.86. The Bertz CT molecular complexity index is 546. The molecule has 0 spiro atoms. The molecule has 1 saturated carbocycles. The summed E-state index contributed by atoms with van der Waals surface area (Å²) < 4.78 is 29.0. The van der Waals surface area contributed by atoms with E-state index in [1.54, 1.807) is 0 Å². The normalized spacial score (nSPS) is 15.8. The first kappa shape index (κ1) is 11.9. The van der Waals surface area contributed by atoms with E-state index in [9.17, 15) is 13.2 Å². The number of aryl methyl sites for hydroxylation is 1. The molecule has 1 aromatic rings. The van der Waals surface area contributed by atoms with Crippen LogP contribution in [0.4, 0.5) is 5.82 Å². The van der Waals surface area contributed by atoms with Gasteiger partial charge in [-0.15, -0.1) is 0 Å². The van der Waals surface area contributed by atoms with Gasteiger partial charge in [0.2, 0.25) is 0 Å². The molecular formula is C8H12N4O4S. The zero-order valence-electron chi connectivity index (χ0n) is 9.04. The molecule has 8 nitrogen and oxygen atoms in total. The van der Waals surface area contributed by atoms with Crippen molar-refractivity contribution in [3.8, 4) is 0 Å². The van der Waals surface area contributed by atoms with Gasteiger partial charge >= 0.3 is 16.2 Å². The fraction of sp³-hybridized carbons (Fsp3) is 0.500. The highest BCUT2D eigenvalue weighted by atomic mass is 32.2. The minimum atomic E-state index is -3.74. The van der Waals surface area contributed by atoms with Crippen molar-refractivity contribution < 1.29 is 18.3 Å². The van der Waals surface area contributed by atoms with Gasteiger partial charge in [-0.3, -0.25) is 9.40 Å². The minimum absolute atomic E-state index is 0.0472. The maximum Gasteiger partial charge on any atom is 0.341 e. The number of carboxylic acid groups (broad SMARTS) is 1. The van der Waals surface area contributed by atoms with Gasteiger partial charge in [0.25, 0.3) is 0 Å². The second-order valence-corrected chi connectivity index (χ2v) is 5.28. The van der Waals surface area contributed by atoms with Gasteiger partial charge in [-0.2, -0.15) is 18.2 Å². The third kappa shape index (κ3) is 2.74. The first-order valence-electron chi connectivity index (χ1n) is 4.94. The van der Waals surface area contributed by atoms with Crippen molar-refractivity contribution in [2.75, 3.05) is 4.72 Å². The molecule has 3 N–H and O–H groups in total. The lowest BCUT2D eigenvalue weighted by atomic mass is 10.3. The molecule has 0 unspecified atom stereocenters. The Kier molecular flexibility index (Phi) is 2.79. The van der Waals surface area contributed by atoms with E-state index in [0.717, 1.165) is 23.7 Å². The smallest absolute Gasteiger partial charge is 0.341 e. The number of aromatic carboxylic acids is 1. The van der Waals surface area contributed by atoms with Crippen LogP contribution < -0.4 is 9.44 Å². The molecule has 0 atom stereocenters. The Labute approximate surface area is 97.8 Å². The number of nitrogens with zero attached hydrogens (tertiary/aromatic N) is 2. The summed E-state index contributed by atoms with van der Waals surface area (Å²) in [5.74, 6) is -1.30. The summed E-state index contributed by atoms with van der Waals surface area (Å²) in [6, 6.07) is -0.0472. The highest BCUT2D eigenvalue weighted by molar-refractivity contribution is 7.90. The molecule has 1 heterocycles. The predicted molar refractivity (Wildman–Crippen MR) is 58.9 cm³/mol. The Morgan fingerprint density at radius 3 is 2.76 bits per heavy atom. The van der Waals surface area contributed by atoms with Crippen LogP contribution >= 0.6 is 0 Å². The van der Waals surface area contributed by atoms with Crippen molar-refractivity contribution >= 4 is 22.0 Å². The molecule has 1 aliphatic carbocycles. The molecule has 0 radical (unpaired) electrons. The largest absolute Gasteiger partial charge is 0.477 e. The summed E-state index contributed by atoms with van der Waals surface area (Å²) in [4.78, 5) is 10.8. The van der Waals surface area contributed by atoms with E-state index in [1.165, 1.54) is 7.05 Å². The minimum Gasteiger partial charge on any atom is -0.477 e. The third-order valence-corrected chi connectivity index (χ3v) is 3.41. The Balaban J connectivity index is 2.22. The molecule has 1 aromatic heterocycles. The number of aromatic nitrogens is 2. The van der Waals surface area contributed by atoms with Crippen LogP contribution in [0.5, 0.6) is 0 Å². The van der Waals surface area contributed by atoms with E-state index < -0.39 is 16.2 Å². The van der Waals surface area contributed by atoms with Crippen LogP contribution in [0.3, 0.4) is 0 Å². The van der Waals surface area contributed by atoms with Gasteiger partial charge in [0.1, 0.15) is 5.56 Å². The Hall–Kier alpha value is -1.61. The number of hydrogen-bond acceptors (Lipinski definition) is 4. The average Bonchev–Trinajstić information content (AvgIpc) is 2.91. The third-order valence-electron chi connectivity index (χ3n) is 2.30. The van der Waals surface area contributed by atoms with Gasteiger partial charge in [0.15, 0.2) is 5.82 Å². The van der Waals surface area contributed by atoms with Crippen molar-refractivity contribution in [1.82, 2.24) is 14.5 Å². The quantitative estimate of drug-likeness (QED) is 0.662. The molecule has 9 heteroatoms. The molecule has 0 amide bonds. The van der Waals surface area contributed by atoms with Gasteiger partial charge in [-0.1, -0.05) is 0 Å². The van der Waals surface area contributed by atoms with Gasteiger partial charge in [0, 0.05) is 13.1 Å². The number of hydrogen-bond donors (Lipinski definition) is 3. The average molecular weight is 260 g/mol. The number of nitrogens with one attached hydrogen (secondary N) is 2. The molecule has 0 bridgehead atoms. The number of carbonyl (C=O) groups is 1. The van der Waals surface area contributed by atoms with E-state index in [1.807, 2.05) is 0 Å². The fourth-order valence-electron chi connectivity index (χ4n) is 1.29. The second-order valence-electron chi connectivity index (χ2n) is 3.83. The summed E-state index contributed by atoms with van der Waals surface area (Å²) in [7, 11) is -2.28. The maximum atomic E-state index is 11.6. The van der Waals surface area contributed by atoms with Crippen LogP contribution in [0, 0.1) is 0 Å². The Morgan fingerprint density at radius 2 is 2.24 bits per heavy atom. The summed E-state index contributed by atoms with van der Waals surface area (Å²) in [5.41, 5.74) is -0.186. The van der Waals surface area contributed by atoms with Crippen molar-refractivity contribution in [2.24, 2.45) is 7.05 Å². The second kappa shape index (κ2) is 4.00. The molecule has 94 valence electrons. The van der Waals surface area contributed by atoms with Gasteiger partial charge in [-0.05, 0) is 12.8 Å². The number of carboxylic acids is 1. The van der Waals surface area contributed by atoms with Crippen molar-refractivity contribution in [2.45, 2.75) is 18.9 Å². The first-order valence-corrected chi connectivity index (χ1v) is 6.43. The van der Waals surface area contributed by atoms with Crippen LogP contribution in [0.2, 0.25) is 0 Å². The monoisotopic (exact) mass is 260 g/mol. The molecule has 17 heavy (non-hydrogen) atoms. The molecule has 2 rings (SSSR count). The van der Waals surface area contributed by atoms with E-state index in [-0.39, 0.29) is 17.4 Å². The van der Waals surface area contributed by atoms with Gasteiger partial charge in [0.05, 0.1) is 6.20 Å². The van der Waals surface area contributed by atoms with Crippen LogP contribution in [0.25, 0.3) is 0 Å². The molecule has 0 saturated heterocycles. The lowest BCUT2D eigenvalue weighted by Gasteiger charge is -2.09. The summed E-state index contributed by atoms with van der Waals surface area (Å²) in [5, 5.41) is 12.6. The van der Waals surface area contributed by atoms with Crippen molar-refractivity contribution in [3.63, 3.8) is 0 Å². The highest BCUT2D eigenvalue weighted by Gasteiger charge is 2.28. The fourth-order valence-corrected chi connectivity index (χ4v) is 2.52. The van der Waals surface area contributed by atoms with Crippen LogP contribution in [0.1, 0.15) is 23.2 Å². The molecule has 1 fully saturated rings. The molecule has 1 aliphatic rings. The zero-order chi connectivity index (χ0) is 12.6. The summed E-state index contributed by atoms with van der Waals surface area (Å²) >= 11 is 0. The first-order chi connectivity index (χ1) is 7.89. The van der Waals surface area contributed by atoms with E-state index in [2.05, 4.69) is 14.5 Å². The predicted octanol–water partition coefficient (Wildman–Crippen LogP) is -0.473. The summed E-state index contributed by atoms with van der Waals surface area (Å²) in [6.45, 7) is 0. The van der Waals surface area contributed by atoms with Crippen LogP contribution in [-0.4, -0.2) is 35.3 Å². The SMILES string of the molecule is Cn1ncc(C(=O)O)c1NS(=O)(=O)NC1CC1. The molecular weight excluding hydrogens is 248 g/mol. The van der Waals surface area contributed by atoms with Crippen LogP contribution in [0.15, 0.2) is 6.20 Å². The Morgan fingerprint density at radius 1 is 1.59 bits per heavy atom. The lowest BCUT2D eigenvalue weighted by molar-refractivity contribution is 0.0698. The maximum absolute atomic E-state index is 11.6. The highest BCUT2D eigenvalue weighted by Crippen LogP contribution is 2.21. The number of anilines is 1. The van der Waals surface area contributed by atoms with E-state index in [4.69, 9.17) is 5.11 Å². The number of rotatable bonds is 5. The molecule has 0 aromatic carbocycles. The summed E-state index contributed by atoms with van der Waals surface area (Å²) in [6.07, 6.45) is 2.70. The van der Waals surface area contributed by atoms with E-state index >= 15 is 0 Å². The van der Waals surface area contributed by atoms with Crippen molar-refractivity contribution in [1.29, 1.82) is 0 Å². The standard InChI is InChI=1S/C8H12N4O4S/c1-12-7(6(4-9-12)8(13)14)11-17(15,16)10-5-2-3-5/h4-5,10-11H,2-3H2,1H3,(H,13,14). The molecule has 0 aliphatic heterocycles.